The standard InChI is InChI=1S/C20H25N3O2/c1-4-21-20(25)22-19(24)18(17-8-6-5-7-9-17)23(3)14-16-12-10-15(2)11-13-16/h5-13,18H,4,14H2,1-3H3,(H2,21,22,24,25)/p+1/t18-/m0/s1. The van der Waals surface area contributed by atoms with Crippen LogP contribution in [0.3, 0.4) is 0 Å². The van der Waals surface area contributed by atoms with Crippen LogP contribution in [0.5, 0.6) is 0 Å². The summed E-state index contributed by atoms with van der Waals surface area (Å²) >= 11 is 0. The second-order valence-electron chi connectivity index (χ2n) is 6.20. The van der Waals surface area contributed by atoms with Gasteiger partial charge >= 0.3 is 6.03 Å². The van der Waals surface area contributed by atoms with E-state index >= 15 is 0 Å². The van der Waals surface area contributed by atoms with Gasteiger partial charge in [0.1, 0.15) is 6.54 Å². The molecule has 3 N–H and O–H groups in total. The van der Waals surface area contributed by atoms with Gasteiger partial charge in [-0.15, -0.1) is 0 Å². The van der Waals surface area contributed by atoms with Crippen LogP contribution in [0.25, 0.3) is 0 Å². The number of likely N-dealkylation sites (N-methyl/N-ethyl adjacent to an activating group) is 1. The molecule has 5 heteroatoms. The summed E-state index contributed by atoms with van der Waals surface area (Å²) in [7, 11) is 1.97. The highest BCUT2D eigenvalue weighted by atomic mass is 16.2. The Labute approximate surface area is 149 Å². The Morgan fingerprint density at radius 2 is 1.68 bits per heavy atom. The molecule has 1 unspecified atom stereocenters. The van der Waals surface area contributed by atoms with E-state index in [1.165, 1.54) is 5.56 Å². The van der Waals surface area contributed by atoms with Gasteiger partial charge in [-0.05, 0) is 13.8 Å². The molecule has 132 valence electrons. The predicted molar refractivity (Wildman–Crippen MR) is 98.2 cm³/mol. The summed E-state index contributed by atoms with van der Waals surface area (Å²) in [6.07, 6.45) is 0. The highest BCUT2D eigenvalue weighted by Gasteiger charge is 2.30. The van der Waals surface area contributed by atoms with Crippen LogP contribution < -0.4 is 15.5 Å². The van der Waals surface area contributed by atoms with Crippen LogP contribution in [0.1, 0.15) is 29.7 Å². The van der Waals surface area contributed by atoms with Crippen molar-refractivity contribution in [2.24, 2.45) is 0 Å². The van der Waals surface area contributed by atoms with Gasteiger partial charge in [0, 0.05) is 17.7 Å². The monoisotopic (exact) mass is 340 g/mol. The predicted octanol–water partition coefficient (Wildman–Crippen LogP) is 1.60. The van der Waals surface area contributed by atoms with Crippen LogP contribution in [-0.2, 0) is 11.3 Å². The largest absolute Gasteiger partial charge is 0.338 e. The molecule has 2 rings (SSSR count). The first-order valence-electron chi connectivity index (χ1n) is 8.52. The molecule has 2 atom stereocenters. The highest BCUT2D eigenvalue weighted by Crippen LogP contribution is 2.10. The van der Waals surface area contributed by atoms with Crippen molar-refractivity contribution in [2.75, 3.05) is 13.6 Å². The van der Waals surface area contributed by atoms with E-state index in [-0.39, 0.29) is 5.91 Å². The van der Waals surface area contributed by atoms with Crippen LogP contribution in [0.4, 0.5) is 4.79 Å². The van der Waals surface area contributed by atoms with Gasteiger partial charge in [-0.1, -0.05) is 60.2 Å². The van der Waals surface area contributed by atoms with E-state index in [0.717, 1.165) is 16.0 Å². The lowest BCUT2D eigenvalue weighted by atomic mass is 10.0. The second-order valence-corrected chi connectivity index (χ2v) is 6.20. The number of hydrogen-bond donors (Lipinski definition) is 3. The summed E-state index contributed by atoms with van der Waals surface area (Å²) in [4.78, 5) is 25.5. The first-order chi connectivity index (χ1) is 12.0. The number of hydrogen-bond acceptors (Lipinski definition) is 2. The van der Waals surface area contributed by atoms with Gasteiger partial charge in [-0.2, -0.15) is 0 Å². The van der Waals surface area contributed by atoms with Gasteiger partial charge in [0.15, 0.2) is 6.04 Å². The van der Waals surface area contributed by atoms with E-state index in [1.54, 1.807) is 0 Å². The lowest BCUT2D eigenvalue weighted by molar-refractivity contribution is -0.916. The number of rotatable bonds is 6. The molecule has 5 nitrogen and oxygen atoms in total. The molecule has 0 fully saturated rings. The Hall–Kier alpha value is -2.66. The minimum absolute atomic E-state index is 0.304. The summed E-state index contributed by atoms with van der Waals surface area (Å²) in [5.74, 6) is -0.304. The van der Waals surface area contributed by atoms with Gasteiger partial charge in [-0.3, -0.25) is 10.1 Å². The van der Waals surface area contributed by atoms with Crippen molar-refractivity contribution in [2.45, 2.75) is 26.4 Å². The lowest BCUT2D eigenvalue weighted by Crippen LogP contribution is -3.09. The Morgan fingerprint density at radius 1 is 1.04 bits per heavy atom. The zero-order chi connectivity index (χ0) is 18.2. The van der Waals surface area contributed by atoms with Crippen LogP contribution in [0, 0.1) is 6.92 Å². The minimum atomic E-state index is -0.467. The molecule has 0 heterocycles. The lowest BCUT2D eigenvalue weighted by Gasteiger charge is -2.24. The number of benzene rings is 2. The quantitative estimate of drug-likeness (QED) is 0.748. The van der Waals surface area contributed by atoms with Crippen LogP contribution >= 0.6 is 0 Å². The fraction of sp³-hybridized carbons (Fsp3) is 0.300. The van der Waals surface area contributed by atoms with Crippen molar-refractivity contribution < 1.29 is 14.5 Å². The number of quaternary nitrogens is 1. The number of nitrogens with one attached hydrogen (secondary N) is 3. The van der Waals surface area contributed by atoms with Gasteiger partial charge < -0.3 is 10.2 Å². The average molecular weight is 340 g/mol. The normalized spacial score (nSPS) is 12.9. The number of carbonyl (C=O) groups is 2. The molecule has 3 amide bonds. The van der Waals surface area contributed by atoms with E-state index in [4.69, 9.17) is 0 Å². The Kier molecular flexibility index (Phi) is 6.71. The molecular formula is C20H26N3O2+. The summed E-state index contributed by atoms with van der Waals surface area (Å²) in [6, 6.07) is 16.9. The van der Waals surface area contributed by atoms with Crippen molar-refractivity contribution in [3.8, 4) is 0 Å². The van der Waals surface area contributed by atoms with E-state index in [9.17, 15) is 9.59 Å². The average Bonchev–Trinajstić information content (AvgIpc) is 2.58. The first-order valence-corrected chi connectivity index (χ1v) is 8.52. The fourth-order valence-electron chi connectivity index (χ4n) is 2.82. The number of aryl methyl sites for hydroxylation is 1. The maximum Gasteiger partial charge on any atom is 0.321 e. The Bertz CT molecular complexity index is 699. The van der Waals surface area contributed by atoms with Crippen molar-refractivity contribution in [1.82, 2.24) is 10.6 Å². The SMILES string of the molecule is CCNC(=O)NC(=O)[C@H](c1ccccc1)[NH+](C)Cc1ccc(C)cc1. The van der Waals surface area contributed by atoms with Crippen LogP contribution in [0.15, 0.2) is 54.6 Å². The third-order valence-corrected chi connectivity index (χ3v) is 4.07. The van der Waals surface area contributed by atoms with E-state index in [2.05, 4.69) is 34.9 Å². The van der Waals surface area contributed by atoms with Crippen molar-refractivity contribution in [3.63, 3.8) is 0 Å². The molecule has 0 aliphatic heterocycles. The molecule has 0 saturated heterocycles. The number of carbonyl (C=O) groups excluding carboxylic acids is 2. The Morgan fingerprint density at radius 3 is 2.28 bits per heavy atom. The third kappa shape index (κ3) is 5.43. The minimum Gasteiger partial charge on any atom is -0.338 e. The summed E-state index contributed by atoms with van der Waals surface area (Å²) < 4.78 is 0. The summed E-state index contributed by atoms with van der Waals surface area (Å²) in [5.41, 5.74) is 3.23. The van der Waals surface area contributed by atoms with Crippen molar-refractivity contribution in [3.05, 3.63) is 71.3 Å². The van der Waals surface area contributed by atoms with Gasteiger partial charge in [0.2, 0.25) is 0 Å². The summed E-state index contributed by atoms with van der Waals surface area (Å²) in [5, 5.41) is 5.04. The molecule has 0 bridgehead atoms. The zero-order valence-electron chi connectivity index (χ0n) is 15.0. The molecule has 0 aliphatic carbocycles. The van der Waals surface area contributed by atoms with Gasteiger partial charge in [-0.25, -0.2) is 4.79 Å². The van der Waals surface area contributed by atoms with Crippen molar-refractivity contribution in [1.29, 1.82) is 0 Å². The topological polar surface area (TPSA) is 62.6 Å². The molecule has 2 aromatic rings. The molecule has 25 heavy (non-hydrogen) atoms. The van der Waals surface area contributed by atoms with Gasteiger partial charge in [0.25, 0.3) is 5.91 Å². The van der Waals surface area contributed by atoms with E-state index in [0.29, 0.717) is 13.1 Å². The number of amides is 3. The fourth-order valence-corrected chi connectivity index (χ4v) is 2.82. The molecule has 2 aromatic carbocycles. The number of urea groups is 1. The Balaban J connectivity index is 2.20. The number of imide groups is 1. The summed E-state index contributed by atoms with van der Waals surface area (Å²) in [6.45, 7) is 5.02. The molecule has 0 aliphatic rings. The molecule has 0 radical (unpaired) electrons. The molecule has 0 aromatic heterocycles. The maximum absolute atomic E-state index is 12.7. The van der Waals surface area contributed by atoms with Gasteiger partial charge in [0.05, 0.1) is 7.05 Å². The zero-order valence-corrected chi connectivity index (χ0v) is 15.0. The van der Waals surface area contributed by atoms with Crippen molar-refractivity contribution >= 4 is 11.9 Å². The third-order valence-electron chi connectivity index (χ3n) is 4.07. The smallest absolute Gasteiger partial charge is 0.321 e. The first kappa shape index (κ1) is 18.7. The molecular weight excluding hydrogens is 314 g/mol. The second kappa shape index (κ2) is 8.99. The maximum atomic E-state index is 12.7. The van der Waals surface area contributed by atoms with E-state index < -0.39 is 12.1 Å². The highest BCUT2D eigenvalue weighted by molar-refractivity contribution is 5.96. The van der Waals surface area contributed by atoms with E-state index in [1.807, 2.05) is 51.2 Å². The van der Waals surface area contributed by atoms with Crippen LogP contribution in [0.2, 0.25) is 0 Å². The van der Waals surface area contributed by atoms with Crippen LogP contribution in [-0.4, -0.2) is 25.5 Å². The molecule has 0 spiro atoms. The molecule has 0 saturated carbocycles.